The summed E-state index contributed by atoms with van der Waals surface area (Å²) in [5, 5.41) is 6.61. The molecular weight excluding hydrogens is 280 g/mol. The van der Waals surface area contributed by atoms with Crippen molar-refractivity contribution in [3.63, 3.8) is 0 Å². The third-order valence-electron chi connectivity index (χ3n) is 3.70. The van der Waals surface area contributed by atoms with Crippen LogP contribution in [0.2, 0.25) is 0 Å². The highest BCUT2D eigenvalue weighted by molar-refractivity contribution is 5.79. The highest BCUT2D eigenvalue weighted by atomic mass is 16.5. The first-order valence-electron chi connectivity index (χ1n) is 7.59. The molecule has 2 rings (SSSR count). The number of hydrogen-bond acceptors (Lipinski definition) is 4. The van der Waals surface area contributed by atoms with Crippen LogP contribution in [0.4, 0.5) is 0 Å². The zero-order valence-corrected chi connectivity index (χ0v) is 13.6. The zero-order valence-electron chi connectivity index (χ0n) is 13.6. The fourth-order valence-electron chi connectivity index (χ4n) is 2.45. The van der Waals surface area contributed by atoms with E-state index in [1.54, 1.807) is 14.2 Å². The number of para-hydroxylation sites is 1. The molecule has 0 spiro atoms. The molecule has 0 saturated carbocycles. The average molecular weight is 306 g/mol. The van der Waals surface area contributed by atoms with Crippen molar-refractivity contribution in [2.24, 2.45) is 4.99 Å². The number of nitrogens with one attached hydrogen (secondary N) is 2. The molecule has 0 aliphatic carbocycles. The monoisotopic (exact) mass is 306 g/mol. The van der Waals surface area contributed by atoms with Gasteiger partial charge in [-0.1, -0.05) is 18.2 Å². The van der Waals surface area contributed by atoms with Gasteiger partial charge in [-0.3, -0.25) is 4.99 Å². The normalized spacial score (nSPS) is 19.8. The van der Waals surface area contributed by atoms with Crippen LogP contribution < -0.4 is 15.4 Å². The van der Waals surface area contributed by atoms with Crippen LogP contribution in [0.1, 0.15) is 5.56 Å². The number of morpholine rings is 1. The highest BCUT2D eigenvalue weighted by Crippen LogP contribution is 2.16. The topological polar surface area (TPSA) is 58.1 Å². The Bertz CT molecular complexity index is 493. The molecule has 1 heterocycles. The van der Waals surface area contributed by atoms with Crippen LogP contribution in [0.5, 0.6) is 5.75 Å². The summed E-state index contributed by atoms with van der Waals surface area (Å²) in [4.78, 5) is 6.53. The summed E-state index contributed by atoms with van der Waals surface area (Å²) in [5.41, 5.74) is 1.10. The van der Waals surface area contributed by atoms with Crippen LogP contribution >= 0.6 is 0 Å². The molecule has 0 radical (unpaired) electrons. The number of hydrogen-bond donors (Lipinski definition) is 2. The van der Waals surface area contributed by atoms with Crippen molar-refractivity contribution >= 4 is 5.96 Å². The molecule has 1 aliphatic rings. The minimum atomic E-state index is 0.198. The Kier molecular flexibility index (Phi) is 6.48. The second-order valence-electron chi connectivity index (χ2n) is 5.37. The van der Waals surface area contributed by atoms with Gasteiger partial charge in [0.2, 0.25) is 0 Å². The van der Waals surface area contributed by atoms with Gasteiger partial charge in [-0.2, -0.15) is 0 Å². The van der Waals surface area contributed by atoms with Gasteiger partial charge in [0.15, 0.2) is 5.96 Å². The van der Waals surface area contributed by atoms with Crippen LogP contribution in [0.25, 0.3) is 0 Å². The number of methoxy groups -OCH3 is 1. The van der Waals surface area contributed by atoms with E-state index in [4.69, 9.17) is 9.47 Å². The molecule has 0 amide bonds. The standard InChI is InChI=1S/C16H26N4O2/c1-17-16(19-11-14-12-20(2)8-9-22-14)18-10-13-6-4-5-7-15(13)21-3/h4-7,14H,8-12H2,1-3H3,(H2,17,18,19). The fourth-order valence-corrected chi connectivity index (χ4v) is 2.45. The molecule has 1 unspecified atom stereocenters. The molecule has 0 aromatic heterocycles. The number of likely N-dealkylation sites (N-methyl/N-ethyl adjacent to an activating group) is 1. The minimum Gasteiger partial charge on any atom is -0.496 e. The van der Waals surface area contributed by atoms with E-state index >= 15 is 0 Å². The van der Waals surface area contributed by atoms with Crippen molar-refractivity contribution in [3.05, 3.63) is 29.8 Å². The van der Waals surface area contributed by atoms with Gasteiger partial charge in [0.25, 0.3) is 0 Å². The molecule has 1 saturated heterocycles. The van der Waals surface area contributed by atoms with Crippen molar-refractivity contribution in [1.29, 1.82) is 0 Å². The first kappa shape index (κ1) is 16.6. The molecule has 1 atom stereocenters. The van der Waals surface area contributed by atoms with Crippen molar-refractivity contribution in [2.75, 3.05) is 47.4 Å². The van der Waals surface area contributed by atoms with Gasteiger partial charge in [0.1, 0.15) is 5.75 Å². The molecule has 0 bridgehead atoms. The Morgan fingerprint density at radius 1 is 1.41 bits per heavy atom. The lowest BCUT2D eigenvalue weighted by molar-refractivity contribution is -0.0161. The van der Waals surface area contributed by atoms with Gasteiger partial charge in [-0.15, -0.1) is 0 Å². The maximum atomic E-state index is 5.74. The van der Waals surface area contributed by atoms with Crippen LogP contribution in [0, 0.1) is 0 Å². The summed E-state index contributed by atoms with van der Waals surface area (Å²) in [6, 6.07) is 7.96. The van der Waals surface area contributed by atoms with E-state index in [0.29, 0.717) is 6.54 Å². The average Bonchev–Trinajstić information content (AvgIpc) is 2.55. The Labute approximate surface area is 132 Å². The summed E-state index contributed by atoms with van der Waals surface area (Å²) in [6.45, 7) is 4.13. The van der Waals surface area contributed by atoms with E-state index in [1.165, 1.54) is 0 Å². The maximum absolute atomic E-state index is 5.74. The number of benzene rings is 1. The Morgan fingerprint density at radius 2 is 2.23 bits per heavy atom. The van der Waals surface area contributed by atoms with E-state index < -0.39 is 0 Å². The summed E-state index contributed by atoms with van der Waals surface area (Å²) >= 11 is 0. The Hall–Kier alpha value is -1.79. The molecule has 1 aromatic rings. The predicted octanol–water partition coefficient (Wildman–Crippen LogP) is 0.691. The quantitative estimate of drug-likeness (QED) is 0.619. The number of aliphatic imine (C=N–C) groups is 1. The van der Waals surface area contributed by atoms with Gasteiger partial charge in [0.05, 0.1) is 19.8 Å². The van der Waals surface area contributed by atoms with Gasteiger partial charge < -0.3 is 25.0 Å². The van der Waals surface area contributed by atoms with Crippen LogP contribution in [0.3, 0.4) is 0 Å². The van der Waals surface area contributed by atoms with E-state index in [0.717, 1.165) is 43.5 Å². The van der Waals surface area contributed by atoms with Crippen LogP contribution in [-0.2, 0) is 11.3 Å². The largest absolute Gasteiger partial charge is 0.496 e. The zero-order chi connectivity index (χ0) is 15.8. The first-order chi connectivity index (χ1) is 10.7. The lowest BCUT2D eigenvalue weighted by atomic mass is 10.2. The minimum absolute atomic E-state index is 0.198. The van der Waals surface area contributed by atoms with E-state index in [1.807, 2.05) is 24.3 Å². The summed E-state index contributed by atoms with van der Waals surface area (Å²) < 4.78 is 11.1. The third kappa shape index (κ3) is 4.89. The SMILES string of the molecule is CN=C(NCc1ccccc1OC)NCC1CN(C)CCO1. The molecule has 6 nitrogen and oxygen atoms in total. The van der Waals surface area contributed by atoms with Gasteiger partial charge >= 0.3 is 0 Å². The van der Waals surface area contributed by atoms with Crippen molar-refractivity contribution < 1.29 is 9.47 Å². The second kappa shape index (κ2) is 8.60. The van der Waals surface area contributed by atoms with E-state index in [9.17, 15) is 0 Å². The predicted molar refractivity (Wildman–Crippen MR) is 88.4 cm³/mol. The molecular formula is C16H26N4O2. The van der Waals surface area contributed by atoms with Gasteiger partial charge in [0, 0.05) is 38.8 Å². The number of ether oxygens (including phenoxy) is 2. The Balaban J connectivity index is 1.80. The van der Waals surface area contributed by atoms with Crippen molar-refractivity contribution in [1.82, 2.24) is 15.5 Å². The summed E-state index contributed by atoms with van der Waals surface area (Å²) in [5.74, 6) is 1.64. The molecule has 122 valence electrons. The van der Waals surface area contributed by atoms with Gasteiger partial charge in [-0.25, -0.2) is 0 Å². The lowest BCUT2D eigenvalue weighted by Gasteiger charge is -2.30. The van der Waals surface area contributed by atoms with Crippen LogP contribution in [0.15, 0.2) is 29.3 Å². The lowest BCUT2D eigenvalue weighted by Crippen LogP contribution is -2.48. The number of guanidine groups is 1. The van der Waals surface area contributed by atoms with Crippen molar-refractivity contribution in [3.8, 4) is 5.75 Å². The smallest absolute Gasteiger partial charge is 0.191 e. The number of nitrogens with zero attached hydrogens (tertiary/aromatic N) is 2. The highest BCUT2D eigenvalue weighted by Gasteiger charge is 2.17. The summed E-state index contributed by atoms with van der Waals surface area (Å²) in [6.07, 6.45) is 0.198. The van der Waals surface area contributed by atoms with E-state index in [2.05, 4.69) is 27.6 Å². The molecule has 6 heteroatoms. The first-order valence-corrected chi connectivity index (χ1v) is 7.59. The van der Waals surface area contributed by atoms with E-state index in [-0.39, 0.29) is 6.10 Å². The fraction of sp³-hybridized carbons (Fsp3) is 0.562. The van der Waals surface area contributed by atoms with Gasteiger partial charge in [-0.05, 0) is 13.1 Å². The van der Waals surface area contributed by atoms with Crippen LogP contribution in [-0.4, -0.2) is 64.4 Å². The molecule has 1 fully saturated rings. The molecule has 2 N–H and O–H groups in total. The summed E-state index contributed by atoms with van der Waals surface area (Å²) in [7, 11) is 5.57. The van der Waals surface area contributed by atoms with Crippen molar-refractivity contribution in [2.45, 2.75) is 12.6 Å². The third-order valence-corrected chi connectivity index (χ3v) is 3.70. The second-order valence-corrected chi connectivity index (χ2v) is 5.37. The molecule has 1 aliphatic heterocycles. The molecule has 1 aromatic carbocycles. The maximum Gasteiger partial charge on any atom is 0.191 e. The molecule has 22 heavy (non-hydrogen) atoms. The number of rotatable bonds is 5. The Morgan fingerprint density at radius 3 is 2.95 bits per heavy atom.